The number of carbonyl (C=O) groups is 2. The molecule has 2 heterocycles. The summed E-state index contributed by atoms with van der Waals surface area (Å²) in [7, 11) is -2.38. The maximum Gasteiger partial charge on any atom is 0.259 e. The molecule has 35 heavy (non-hydrogen) atoms. The maximum atomic E-state index is 13.6. The Morgan fingerprint density at radius 3 is 2.46 bits per heavy atom. The molecule has 3 N–H and O–H groups in total. The number of hydrogen-bond donors (Lipinski definition) is 2. The van der Waals surface area contributed by atoms with Gasteiger partial charge in [-0.15, -0.1) is 11.3 Å². The van der Waals surface area contributed by atoms with Crippen molar-refractivity contribution >= 4 is 33.2 Å². The van der Waals surface area contributed by atoms with Crippen LogP contribution in [0.1, 0.15) is 37.7 Å². The van der Waals surface area contributed by atoms with Crippen LogP contribution in [-0.2, 0) is 26.0 Å². The number of nitrogens with two attached hydrogens (primary N) is 1. The molecule has 2 amide bonds. The van der Waals surface area contributed by atoms with Gasteiger partial charge in [0.05, 0.1) is 13.5 Å². The molecule has 1 aliphatic heterocycles. The van der Waals surface area contributed by atoms with Crippen molar-refractivity contribution in [3.05, 3.63) is 47.3 Å². The second-order valence-electron chi connectivity index (χ2n) is 9.01. The van der Waals surface area contributed by atoms with Crippen molar-refractivity contribution in [2.24, 2.45) is 5.73 Å². The molecule has 9 nitrogen and oxygen atoms in total. The molecule has 190 valence electrons. The van der Waals surface area contributed by atoms with E-state index in [-0.39, 0.29) is 35.2 Å². The zero-order valence-corrected chi connectivity index (χ0v) is 21.4. The van der Waals surface area contributed by atoms with E-state index in [0.717, 1.165) is 42.6 Å². The Hall–Kier alpha value is -2.47. The van der Waals surface area contributed by atoms with Crippen LogP contribution in [0.25, 0.3) is 0 Å². The average Bonchev–Trinajstić information content (AvgIpc) is 3.41. The molecular weight excluding hydrogens is 488 g/mol. The Morgan fingerprint density at radius 2 is 1.83 bits per heavy atom. The highest BCUT2D eigenvalue weighted by Crippen LogP contribution is 2.28. The highest BCUT2D eigenvalue weighted by molar-refractivity contribution is 7.91. The largest absolute Gasteiger partial charge is 0.497 e. The number of nitrogens with zero attached hydrogens (tertiary/aromatic N) is 2. The van der Waals surface area contributed by atoms with Crippen LogP contribution < -0.4 is 15.8 Å². The lowest BCUT2D eigenvalue weighted by Gasteiger charge is -2.42. The van der Waals surface area contributed by atoms with E-state index < -0.39 is 22.1 Å². The van der Waals surface area contributed by atoms with Gasteiger partial charge in [0.25, 0.3) is 15.9 Å². The van der Waals surface area contributed by atoms with Crippen LogP contribution in [0.2, 0.25) is 0 Å². The first-order chi connectivity index (χ1) is 16.8. The zero-order valence-electron chi connectivity index (χ0n) is 19.8. The summed E-state index contributed by atoms with van der Waals surface area (Å²) in [5, 5.41) is 4.70. The molecule has 0 spiro atoms. The third-order valence-corrected chi connectivity index (χ3v) is 9.82. The molecule has 1 saturated heterocycles. The quantitative estimate of drug-likeness (QED) is 0.575. The van der Waals surface area contributed by atoms with Crippen molar-refractivity contribution in [1.82, 2.24) is 14.5 Å². The summed E-state index contributed by atoms with van der Waals surface area (Å²) < 4.78 is 33.5. The van der Waals surface area contributed by atoms with Crippen molar-refractivity contribution in [2.45, 2.75) is 61.0 Å². The molecule has 4 rings (SSSR count). The number of methoxy groups -OCH3 is 1. The van der Waals surface area contributed by atoms with Gasteiger partial charge in [-0.2, -0.15) is 4.31 Å². The van der Waals surface area contributed by atoms with Gasteiger partial charge in [0.2, 0.25) is 5.91 Å². The number of thiophene rings is 1. The van der Waals surface area contributed by atoms with Gasteiger partial charge in [-0.25, -0.2) is 8.42 Å². The average molecular weight is 521 g/mol. The second kappa shape index (κ2) is 11.1. The molecule has 2 fully saturated rings. The number of sulfonamides is 1. The van der Waals surface area contributed by atoms with Crippen molar-refractivity contribution in [3.63, 3.8) is 0 Å². The first kappa shape index (κ1) is 25.6. The Morgan fingerprint density at radius 1 is 1.11 bits per heavy atom. The third-order valence-electron chi connectivity index (χ3n) is 6.59. The van der Waals surface area contributed by atoms with Crippen LogP contribution in [0.5, 0.6) is 5.75 Å². The molecule has 0 radical (unpaired) electrons. The van der Waals surface area contributed by atoms with Gasteiger partial charge in [0.1, 0.15) is 9.96 Å². The summed E-state index contributed by atoms with van der Waals surface area (Å²) in [5.74, 6) is -0.0858. The minimum absolute atomic E-state index is 0.0545. The van der Waals surface area contributed by atoms with E-state index in [0.29, 0.717) is 18.7 Å². The SMILES string of the molecule is COc1ccc(CC(=O)N2CCCN(S(=O)(=O)c3cccs3)C2C(=O)NC2CCC(N)CC2)cc1. The normalized spacial score (nSPS) is 23.6. The van der Waals surface area contributed by atoms with Crippen LogP contribution in [0, 0.1) is 0 Å². The van der Waals surface area contributed by atoms with Crippen LogP contribution >= 0.6 is 11.3 Å². The molecule has 1 aromatic carbocycles. The topological polar surface area (TPSA) is 122 Å². The number of amides is 2. The Bertz CT molecular complexity index is 1110. The highest BCUT2D eigenvalue weighted by atomic mass is 32.2. The Labute approximate surface area is 210 Å². The van der Waals surface area contributed by atoms with Crippen LogP contribution in [0.3, 0.4) is 0 Å². The van der Waals surface area contributed by atoms with Gasteiger partial charge in [-0.1, -0.05) is 18.2 Å². The fourth-order valence-corrected chi connectivity index (χ4v) is 7.38. The van der Waals surface area contributed by atoms with Gasteiger partial charge in [0.15, 0.2) is 6.17 Å². The minimum Gasteiger partial charge on any atom is -0.497 e. The molecule has 11 heteroatoms. The summed E-state index contributed by atoms with van der Waals surface area (Å²) in [6, 6.07) is 10.3. The van der Waals surface area contributed by atoms with Crippen LogP contribution in [0.15, 0.2) is 46.0 Å². The standard InChI is InChI=1S/C24H32N4O5S2/c1-33-20-11-5-17(6-12-20)16-21(29)27-13-3-14-28(35(31,32)22-4-2-15-34-22)24(27)23(30)26-19-9-7-18(25)8-10-19/h2,4-6,11-12,15,18-19,24H,3,7-10,13-14,16,25H2,1H3,(H,26,30). The summed E-state index contributed by atoms with van der Waals surface area (Å²) >= 11 is 1.10. The molecule has 1 unspecified atom stereocenters. The zero-order chi connectivity index (χ0) is 25.0. The Kier molecular flexibility index (Phi) is 8.10. The van der Waals surface area contributed by atoms with Gasteiger partial charge in [-0.3, -0.25) is 9.59 Å². The van der Waals surface area contributed by atoms with Crippen molar-refractivity contribution < 1.29 is 22.7 Å². The molecule has 1 aliphatic carbocycles. The third kappa shape index (κ3) is 5.85. The predicted molar refractivity (Wildman–Crippen MR) is 133 cm³/mol. The lowest BCUT2D eigenvalue weighted by molar-refractivity contribution is -0.147. The fraction of sp³-hybridized carbons (Fsp3) is 0.500. The van der Waals surface area contributed by atoms with Crippen molar-refractivity contribution in [3.8, 4) is 5.75 Å². The number of rotatable bonds is 7. The fourth-order valence-electron chi connectivity index (χ4n) is 4.67. The van der Waals surface area contributed by atoms with Crippen LogP contribution in [0.4, 0.5) is 0 Å². The number of carbonyl (C=O) groups excluding carboxylic acids is 2. The maximum absolute atomic E-state index is 13.6. The second-order valence-corrected chi connectivity index (χ2v) is 12.1. The van der Waals surface area contributed by atoms with Gasteiger partial charge < -0.3 is 20.7 Å². The molecule has 1 saturated carbocycles. The first-order valence-electron chi connectivity index (χ1n) is 11.8. The van der Waals surface area contributed by atoms with E-state index in [1.54, 1.807) is 42.8 Å². The van der Waals surface area contributed by atoms with E-state index in [1.165, 1.54) is 15.3 Å². The highest BCUT2D eigenvalue weighted by Gasteiger charge is 2.44. The monoisotopic (exact) mass is 520 g/mol. The summed E-state index contributed by atoms with van der Waals surface area (Å²) in [4.78, 5) is 28.4. The van der Waals surface area contributed by atoms with Crippen molar-refractivity contribution in [2.75, 3.05) is 20.2 Å². The molecule has 2 aliphatic rings. The molecule has 1 aromatic heterocycles. The summed E-state index contributed by atoms with van der Waals surface area (Å²) in [6.07, 6.45) is 2.32. The lowest BCUT2D eigenvalue weighted by atomic mass is 9.92. The van der Waals surface area contributed by atoms with E-state index in [2.05, 4.69) is 5.32 Å². The van der Waals surface area contributed by atoms with Crippen LogP contribution in [-0.4, -0.2) is 67.9 Å². The van der Waals surface area contributed by atoms with Gasteiger partial charge in [-0.05, 0) is 61.2 Å². The summed E-state index contributed by atoms with van der Waals surface area (Å²) in [6.45, 7) is 0.471. The molecule has 2 aromatic rings. The number of ether oxygens (including phenoxy) is 1. The predicted octanol–water partition coefficient (Wildman–Crippen LogP) is 1.93. The summed E-state index contributed by atoms with van der Waals surface area (Å²) in [5.41, 5.74) is 6.76. The molecule has 0 bridgehead atoms. The van der Waals surface area contributed by atoms with E-state index in [1.807, 2.05) is 0 Å². The minimum atomic E-state index is -3.95. The van der Waals surface area contributed by atoms with E-state index in [9.17, 15) is 18.0 Å². The van der Waals surface area contributed by atoms with E-state index >= 15 is 0 Å². The lowest BCUT2D eigenvalue weighted by Crippen LogP contribution is -2.64. The molecular formula is C24H32N4O5S2. The Balaban J connectivity index is 1.59. The van der Waals surface area contributed by atoms with Crippen molar-refractivity contribution in [1.29, 1.82) is 0 Å². The smallest absolute Gasteiger partial charge is 0.259 e. The molecule has 1 atom stereocenters. The van der Waals surface area contributed by atoms with E-state index in [4.69, 9.17) is 10.5 Å². The number of nitrogens with one attached hydrogen (secondary N) is 1. The van der Waals surface area contributed by atoms with Gasteiger partial charge >= 0.3 is 0 Å². The van der Waals surface area contributed by atoms with Gasteiger partial charge in [0, 0.05) is 25.2 Å². The first-order valence-corrected chi connectivity index (χ1v) is 14.2. The number of benzene rings is 1. The number of hydrogen-bond acceptors (Lipinski definition) is 7.